The van der Waals surface area contributed by atoms with Crippen LogP contribution >= 0.6 is 0 Å². The topological polar surface area (TPSA) is 26.0 Å². The smallest absolute Gasteiger partial charge is 0.202 e. The van der Waals surface area contributed by atoms with Gasteiger partial charge in [-0.25, -0.2) is 0 Å². The van der Waals surface area contributed by atoms with Crippen molar-refractivity contribution >= 4 is 7.41 Å². The van der Waals surface area contributed by atoms with Crippen LogP contribution in [0, 0.1) is 5.92 Å². The number of nitrogens with two attached hydrogens (primary N) is 1. The average Bonchev–Trinajstić information content (AvgIpc) is 1.35. The summed E-state index contributed by atoms with van der Waals surface area (Å²) in [6, 6.07) is 0. The van der Waals surface area contributed by atoms with Gasteiger partial charge < -0.3 is 5.64 Å². The van der Waals surface area contributed by atoms with Crippen molar-refractivity contribution < 1.29 is 0 Å². The highest BCUT2D eigenvalue weighted by Crippen LogP contribution is 1.94. The van der Waals surface area contributed by atoms with Gasteiger partial charge >= 0.3 is 0 Å². The second-order valence-corrected chi connectivity index (χ2v) is 1.87. The molecule has 0 saturated heterocycles. The van der Waals surface area contributed by atoms with Crippen molar-refractivity contribution in [2.75, 3.05) is 0 Å². The first kappa shape index (κ1) is 6.02. The monoisotopic (exact) mass is 84.1 g/mol. The molecule has 1 nitrogen and oxygen atoms in total. The Morgan fingerprint density at radius 1 is 1.67 bits per heavy atom. The predicted molar refractivity (Wildman–Crippen MR) is 29.6 cm³/mol. The van der Waals surface area contributed by atoms with E-state index in [1.54, 1.807) is 7.41 Å². The molecule has 0 spiro atoms. The standard InChI is InChI=1S/C4H11BN/c1-4(2)3-5-6/h4H,3,6H2,1-2H3. The van der Waals surface area contributed by atoms with Gasteiger partial charge in [0.15, 0.2) is 0 Å². The Morgan fingerprint density at radius 3 is 2.17 bits per heavy atom. The molecule has 0 heterocycles. The first-order valence-corrected chi connectivity index (χ1v) is 2.30. The minimum Gasteiger partial charge on any atom is -0.374 e. The molecule has 0 aliphatic heterocycles. The Bertz CT molecular complexity index is 28.7. The first-order chi connectivity index (χ1) is 2.77. The molecule has 0 saturated carbocycles. The van der Waals surface area contributed by atoms with E-state index in [1.807, 2.05) is 0 Å². The molecule has 6 heavy (non-hydrogen) atoms. The molecule has 0 aromatic heterocycles. The summed E-state index contributed by atoms with van der Waals surface area (Å²) >= 11 is 0. The van der Waals surface area contributed by atoms with Crippen LogP contribution in [0.5, 0.6) is 0 Å². The van der Waals surface area contributed by atoms with Gasteiger partial charge in [0.25, 0.3) is 0 Å². The van der Waals surface area contributed by atoms with Crippen LogP contribution in [0.15, 0.2) is 0 Å². The van der Waals surface area contributed by atoms with Crippen molar-refractivity contribution in [3.63, 3.8) is 0 Å². The van der Waals surface area contributed by atoms with E-state index in [1.165, 1.54) is 0 Å². The van der Waals surface area contributed by atoms with E-state index in [4.69, 9.17) is 5.64 Å². The van der Waals surface area contributed by atoms with Crippen LogP contribution in [0.1, 0.15) is 13.8 Å². The third kappa shape index (κ3) is 4.02. The van der Waals surface area contributed by atoms with Crippen LogP contribution in [0.3, 0.4) is 0 Å². The van der Waals surface area contributed by atoms with Gasteiger partial charge in [0, 0.05) is 0 Å². The third-order valence-electron chi connectivity index (χ3n) is 0.607. The molecule has 0 rings (SSSR count). The lowest BCUT2D eigenvalue weighted by atomic mass is 9.84. The molecule has 0 fully saturated rings. The second-order valence-electron chi connectivity index (χ2n) is 1.87. The molecule has 0 atom stereocenters. The van der Waals surface area contributed by atoms with Crippen molar-refractivity contribution in [1.82, 2.24) is 0 Å². The van der Waals surface area contributed by atoms with Crippen molar-refractivity contribution in [1.29, 1.82) is 0 Å². The van der Waals surface area contributed by atoms with E-state index in [0.717, 1.165) is 12.2 Å². The predicted octanol–water partition coefficient (Wildman–Crippen LogP) is 0.639. The quantitative estimate of drug-likeness (QED) is 0.488. The molecule has 1 radical (unpaired) electrons. The van der Waals surface area contributed by atoms with Gasteiger partial charge in [-0.3, -0.25) is 0 Å². The number of rotatable bonds is 2. The van der Waals surface area contributed by atoms with Crippen LogP contribution in [-0.4, -0.2) is 7.41 Å². The summed E-state index contributed by atoms with van der Waals surface area (Å²) in [5.74, 6) is 0.718. The molecule has 0 aromatic rings. The molecule has 0 aromatic carbocycles. The normalized spacial score (nSPS) is 9.33. The Kier molecular flexibility index (Phi) is 3.24. The van der Waals surface area contributed by atoms with Gasteiger partial charge in [-0.15, -0.1) is 0 Å². The lowest BCUT2D eigenvalue weighted by Crippen LogP contribution is -2.06. The molecule has 0 aliphatic carbocycles. The van der Waals surface area contributed by atoms with Gasteiger partial charge in [-0.2, -0.15) is 0 Å². The zero-order chi connectivity index (χ0) is 4.99. The van der Waals surface area contributed by atoms with E-state index in [0.29, 0.717) is 0 Å². The highest BCUT2D eigenvalue weighted by atomic mass is 14.3. The first-order valence-electron chi connectivity index (χ1n) is 2.30. The molecular weight excluding hydrogens is 72.9 g/mol. The summed E-state index contributed by atoms with van der Waals surface area (Å²) in [5.41, 5.74) is 5.10. The lowest BCUT2D eigenvalue weighted by Gasteiger charge is -1.94. The van der Waals surface area contributed by atoms with E-state index in [-0.39, 0.29) is 0 Å². The van der Waals surface area contributed by atoms with Gasteiger partial charge in [0.05, 0.1) is 0 Å². The van der Waals surface area contributed by atoms with Crippen LogP contribution in [0.2, 0.25) is 6.32 Å². The zero-order valence-electron chi connectivity index (χ0n) is 4.44. The van der Waals surface area contributed by atoms with Gasteiger partial charge in [-0.05, 0) is 0 Å². The molecule has 0 bridgehead atoms. The Morgan fingerprint density at radius 2 is 2.17 bits per heavy atom. The maximum Gasteiger partial charge on any atom is 0.202 e. The van der Waals surface area contributed by atoms with E-state index < -0.39 is 0 Å². The van der Waals surface area contributed by atoms with Crippen LogP contribution in [0.4, 0.5) is 0 Å². The van der Waals surface area contributed by atoms with Crippen LogP contribution < -0.4 is 5.64 Å². The van der Waals surface area contributed by atoms with E-state index in [9.17, 15) is 0 Å². The second kappa shape index (κ2) is 3.22. The highest BCUT2D eigenvalue weighted by molar-refractivity contribution is 6.30. The van der Waals surface area contributed by atoms with E-state index >= 15 is 0 Å². The average molecular weight is 84.0 g/mol. The molecule has 2 heteroatoms. The Balaban J connectivity index is 2.63. The molecule has 35 valence electrons. The van der Waals surface area contributed by atoms with Gasteiger partial charge in [0.1, 0.15) is 0 Å². The van der Waals surface area contributed by atoms with Gasteiger partial charge in [-0.1, -0.05) is 26.1 Å². The summed E-state index contributed by atoms with van der Waals surface area (Å²) in [4.78, 5) is 0. The summed E-state index contributed by atoms with van der Waals surface area (Å²) in [6.45, 7) is 4.28. The maximum absolute atomic E-state index is 5.10. The highest BCUT2D eigenvalue weighted by Gasteiger charge is 1.88. The number of hydrogen-bond donors (Lipinski definition) is 1. The Labute approximate surface area is 40.2 Å². The fourth-order valence-corrected chi connectivity index (χ4v) is 0.272. The van der Waals surface area contributed by atoms with Gasteiger partial charge in [0.2, 0.25) is 7.41 Å². The van der Waals surface area contributed by atoms with Crippen molar-refractivity contribution in [2.45, 2.75) is 20.2 Å². The summed E-state index contributed by atoms with van der Waals surface area (Å²) < 4.78 is 0. The largest absolute Gasteiger partial charge is 0.374 e. The minimum atomic E-state index is 0.718. The van der Waals surface area contributed by atoms with Crippen molar-refractivity contribution in [2.24, 2.45) is 11.6 Å². The van der Waals surface area contributed by atoms with Crippen LogP contribution in [0.25, 0.3) is 0 Å². The number of hydrogen-bond acceptors (Lipinski definition) is 1. The SMILES string of the molecule is CC(C)C[B]N. The molecule has 0 unspecified atom stereocenters. The lowest BCUT2D eigenvalue weighted by molar-refractivity contribution is 0.730. The summed E-state index contributed by atoms with van der Waals surface area (Å²) in [6.07, 6.45) is 1.03. The van der Waals surface area contributed by atoms with Crippen LogP contribution in [-0.2, 0) is 0 Å². The zero-order valence-corrected chi connectivity index (χ0v) is 4.44. The fourth-order valence-electron chi connectivity index (χ4n) is 0.272. The fraction of sp³-hybridized carbons (Fsp3) is 1.00. The summed E-state index contributed by atoms with van der Waals surface area (Å²) in [7, 11) is 1.70. The molecule has 0 amide bonds. The third-order valence-corrected chi connectivity index (χ3v) is 0.607. The molecule has 0 aliphatic rings. The maximum atomic E-state index is 5.10. The molecular formula is C4H11BN. The minimum absolute atomic E-state index is 0.718. The van der Waals surface area contributed by atoms with Crippen molar-refractivity contribution in [3.05, 3.63) is 0 Å². The molecule has 2 N–H and O–H groups in total. The van der Waals surface area contributed by atoms with Crippen molar-refractivity contribution in [3.8, 4) is 0 Å². The van der Waals surface area contributed by atoms with E-state index in [2.05, 4.69) is 13.8 Å². The Hall–Kier alpha value is 0.0249. The summed E-state index contributed by atoms with van der Waals surface area (Å²) in [5, 5.41) is 0.